The van der Waals surface area contributed by atoms with Crippen LogP contribution in [0.4, 0.5) is 0 Å². The number of ether oxygens (including phenoxy) is 1. The summed E-state index contributed by atoms with van der Waals surface area (Å²) in [6.07, 6.45) is 1.31. The first-order chi connectivity index (χ1) is 12.5. The lowest BCUT2D eigenvalue weighted by Crippen LogP contribution is -2.33. The Labute approximate surface area is 159 Å². The van der Waals surface area contributed by atoms with E-state index in [0.717, 1.165) is 15.2 Å². The van der Waals surface area contributed by atoms with Gasteiger partial charge in [0.1, 0.15) is 10.2 Å². The van der Waals surface area contributed by atoms with Gasteiger partial charge in [0.2, 0.25) is 0 Å². The van der Waals surface area contributed by atoms with Crippen LogP contribution in [0.2, 0.25) is 5.15 Å². The number of rotatable bonds is 5. The summed E-state index contributed by atoms with van der Waals surface area (Å²) in [5, 5.41) is 1.11. The Morgan fingerprint density at radius 1 is 1.27 bits per heavy atom. The maximum Gasteiger partial charge on any atom is 0.340 e. The molecule has 0 aliphatic carbocycles. The van der Waals surface area contributed by atoms with Crippen LogP contribution in [0.25, 0.3) is 10.2 Å². The van der Waals surface area contributed by atoms with Crippen LogP contribution < -0.4 is 0 Å². The van der Waals surface area contributed by atoms with Gasteiger partial charge in [-0.05, 0) is 31.2 Å². The van der Waals surface area contributed by atoms with E-state index in [0.29, 0.717) is 0 Å². The van der Waals surface area contributed by atoms with E-state index in [1.807, 2.05) is 31.2 Å². The molecule has 6 nitrogen and oxygen atoms in total. The van der Waals surface area contributed by atoms with Gasteiger partial charge >= 0.3 is 5.97 Å². The number of esters is 1. The molecule has 3 rings (SSSR count). The number of fused-ring (bicyclic) bond motifs is 1. The summed E-state index contributed by atoms with van der Waals surface area (Å²) in [6.45, 7) is 1.54. The molecule has 2 aromatic heterocycles. The molecule has 0 unspecified atom stereocenters. The molecule has 0 bridgehead atoms. The van der Waals surface area contributed by atoms with Crippen LogP contribution in [0.1, 0.15) is 28.3 Å². The van der Waals surface area contributed by atoms with Crippen molar-refractivity contribution < 1.29 is 14.3 Å². The van der Waals surface area contributed by atoms with Gasteiger partial charge < -0.3 is 9.64 Å². The number of aromatic nitrogens is 2. The Morgan fingerprint density at radius 3 is 2.73 bits per heavy atom. The first kappa shape index (κ1) is 18.3. The fourth-order valence-corrected chi connectivity index (χ4v) is 3.43. The highest BCUT2D eigenvalue weighted by Crippen LogP contribution is 2.28. The summed E-state index contributed by atoms with van der Waals surface area (Å²) >= 11 is 7.22. The zero-order chi connectivity index (χ0) is 18.7. The zero-order valence-electron chi connectivity index (χ0n) is 14.2. The maximum atomic E-state index is 12.4. The van der Waals surface area contributed by atoms with Crippen molar-refractivity contribution in [3.05, 3.63) is 58.3 Å². The van der Waals surface area contributed by atoms with E-state index in [9.17, 15) is 9.59 Å². The summed E-state index contributed by atoms with van der Waals surface area (Å²) < 4.78 is 6.13. The number of amides is 1. The number of likely N-dealkylation sites (N-methyl/N-ethyl adjacent to an activating group) is 1. The SMILES string of the molecule is C[C@@H](c1nc2ccccc2s1)N(C)C(=O)COC(=O)c1ccc(Cl)nc1. The predicted molar refractivity (Wildman–Crippen MR) is 100 cm³/mol. The number of carbonyl (C=O) groups excluding carboxylic acids is 2. The lowest BCUT2D eigenvalue weighted by atomic mass is 10.3. The molecule has 8 heteroatoms. The van der Waals surface area contributed by atoms with Crippen LogP contribution >= 0.6 is 22.9 Å². The fraction of sp³-hybridized carbons (Fsp3) is 0.222. The summed E-state index contributed by atoms with van der Waals surface area (Å²) in [4.78, 5) is 34.2. The quantitative estimate of drug-likeness (QED) is 0.491. The lowest BCUT2D eigenvalue weighted by molar-refractivity contribution is -0.135. The first-order valence-corrected chi connectivity index (χ1v) is 9.05. The van der Waals surface area contributed by atoms with Crippen molar-refractivity contribution in [2.75, 3.05) is 13.7 Å². The number of thiazole rings is 1. The van der Waals surface area contributed by atoms with Gasteiger partial charge in [-0.15, -0.1) is 11.3 Å². The number of para-hydroxylation sites is 1. The number of hydrogen-bond donors (Lipinski definition) is 0. The van der Waals surface area contributed by atoms with Crippen LogP contribution in [0.3, 0.4) is 0 Å². The monoisotopic (exact) mass is 389 g/mol. The highest BCUT2D eigenvalue weighted by Gasteiger charge is 2.22. The van der Waals surface area contributed by atoms with Crippen molar-refractivity contribution in [2.45, 2.75) is 13.0 Å². The molecule has 0 aliphatic heterocycles. The minimum Gasteiger partial charge on any atom is -0.452 e. The Bertz CT molecular complexity index is 909. The van der Waals surface area contributed by atoms with Crippen LogP contribution in [0.5, 0.6) is 0 Å². The summed E-state index contributed by atoms with van der Waals surface area (Å²) in [5.41, 5.74) is 1.14. The minimum absolute atomic E-state index is 0.226. The molecular formula is C18H16ClN3O3S. The Balaban J connectivity index is 1.61. The van der Waals surface area contributed by atoms with E-state index in [1.165, 1.54) is 23.2 Å². The summed E-state index contributed by atoms with van der Waals surface area (Å²) in [5.74, 6) is -0.935. The standard InChI is InChI=1S/C18H16ClN3O3S/c1-11(17-21-13-5-3-4-6-14(13)26-17)22(2)16(23)10-25-18(24)12-7-8-15(19)20-9-12/h3-9,11H,10H2,1-2H3/t11-/m0/s1. The van der Waals surface area contributed by atoms with Gasteiger partial charge in [0.25, 0.3) is 5.91 Å². The topological polar surface area (TPSA) is 72.4 Å². The summed E-state index contributed by atoms with van der Waals surface area (Å²) in [7, 11) is 1.66. The maximum absolute atomic E-state index is 12.4. The molecule has 0 aliphatic rings. The van der Waals surface area contributed by atoms with Crippen molar-refractivity contribution >= 4 is 45.0 Å². The number of benzene rings is 1. The molecule has 1 amide bonds. The molecule has 0 spiro atoms. The smallest absolute Gasteiger partial charge is 0.340 e. The number of halogens is 1. The van der Waals surface area contributed by atoms with Crippen LogP contribution in [0.15, 0.2) is 42.6 Å². The molecule has 0 fully saturated rings. The van der Waals surface area contributed by atoms with E-state index in [-0.39, 0.29) is 29.3 Å². The van der Waals surface area contributed by atoms with E-state index < -0.39 is 5.97 Å². The summed E-state index contributed by atoms with van der Waals surface area (Å²) in [6, 6.07) is 10.6. The van der Waals surface area contributed by atoms with E-state index in [1.54, 1.807) is 18.4 Å². The second-order valence-corrected chi connectivity index (χ2v) is 7.10. The number of nitrogens with zero attached hydrogens (tertiary/aromatic N) is 3. The third kappa shape index (κ3) is 4.00. The molecule has 134 valence electrons. The van der Waals surface area contributed by atoms with Crippen molar-refractivity contribution in [1.82, 2.24) is 14.9 Å². The molecule has 0 saturated heterocycles. The highest BCUT2D eigenvalue weighted by molar-refractivity contribution is 7.18. The van der Waals surface area contributed by atoms with E-state index in [4.69, 9.17) is 16.3 Å². The highest BCUT2D eigenvalue weighted by atomic mass is 35.5. The Hall–Kier alpha value is -2.51. The van der Waals surface area contributed by atoms with Gasteiger partial charge in [0.05, 0.1) is 21.8 Å². The van der Waals surface area contributed by atoms with Gasteiger partial charge in [-0.1, -0.05) is 23.7 Å². The average molecular weight is 390 g/mol. The number of pyridine rings is 1. The van der Waals surface area contributed by atoms with Gasteiger partial charge in [-0.3, -0.25) is 4.79 Å². The molecule has 3 aromatic rings. The molecule has 0 N–H and O–H groups in total. The van der Waals surface area contributed by atoms with Crippen molar-refractivity contribution in [3.8, 4) is 0 Å². The molecule has 0 saturated carbocycles. The molecular weight excluding hydrogens is 374 g/mol. The normalized spacial score (nSPS) is 12.0. The van der Waals surface area contributed by atoms with Crippen LogP contribution in [-0.4, -0.2) is 40.4 Å². The largest absolute Gasteiger partial charge is 0.452 e. The molecule has 26 heavy (non-hydrogen) atoms. The second kappa shape index (κ2) is 7.80. The second-order valence-electron chi connectivity index (χ2n) is 5.65. The molecule has 1 atom stereocenters. The molecule has 1 aromatic carbocycles. The number of hydrogen-bond acceptors (Lipinski definition) is 6. The fourth-order valence-electron chi connectivity index (χ4n) is 2.26. The van der Waals surface area contributed by atoms with Gasteiger partial charge in [-0.2, -0.15) is 0 Å². The van der Waals surface area contributed by atoms with E-state index in [2.05, 4.69) is 9.97 Å². The Kier molecular flexibility index (Phi) is 5.49. The van der Waals surface area contributed by atoms with Gasteiger partial charge in [0, 0.05) is 13.2 Å². The van der Waals surface area contributed by atoms with Crippen LogP contribution in [-0.2, 0) is 9.53 Å². The average Bonchev–Trinajstić information content (AvgIpc) is 3.09. The van der Waals surface area contributed by atoms with Crippen molar-refractivity contribution in [2.24, 2.45) is 0 Å². The van der Waals surface area contributed by atoms with Crippen LogP contribution in [0, 0.1) is 0 Å². The first-order valence-electron chi connectivity index (χ1n) is 7.85. The third-order valence-electron chi connectivity index (χ3n) is 3.93. The van der Waals surface area contributed by atoms with Gasteiger partial charge in [0.15, 0.2) is 6.61 Å². The molecule has 0 radical (unpaired) electrons. The molecule has 2 heterocycles. The van der Waals surface area contributed by atoms with Crippen molar-refractivity contribution in [3.63, 3.8) is 0 Å². The van der Waals surface area contributed by atoms with Gasteiger partial charge in [-0.25, -0.2) is 14.8 Å². The van der Waals surface area contributed by atoms with E-state index >= 15 is 0 Å². The third-order valence-corrected chi connectivity index (χ3v) is 5.36. The Morgan fingerprint density at radius 2 is 2.04 bits per heavy atom. The van der Waals surface area contributed by atoms with Crippen molar-refractivity contribution in [1.29, 1.82) is 0 Å². The lowest BCUT2D eigenvalue weighted by Gasteiger charge is -2.23. The number of carbonyl (C=O) groups is 2. The predicted octanol–water partition coefficient (Wildman–Crippen LogP) is 3.72. The zero-order valence-corrected chi connectivity index (χ0v) is 15.8. The minimum atomic E-state index is -0.622.